The number of rotatable bonds is 7. The first-order valence-corrected chi connectivity index (χ1v) is 6.79. The number of hydrogen-bond donors (Lipinski definition) is 1. The molecule has 1 rings (SSSR count). The standard InChI is InChI=1S/C13H20N2OS.ClH/c1-14-9-10-15(2)13(16)8-11-17-12-6-4-3-5-7-12;/h3-7,14H,8-11H2,1-2H3;1H. The Hall–Kier alpha value is -0.710. The number of nitrogens with zero attached hydrogens (tertiary/aromatic N) is 1. The van der Waals surface area contributed by atoms with Crippen molar-refractivity contribution in [2.24, 2.45) is 0 Å². The summed E-state index contributed by atoms with van der Waals surface area (Å²) in [6.45, 7) is 1.61. The average molecular weight is 289 g/mol. The van der Waals surface area contributed by atoms with Crippen LogP contribution in [0.5, 0.6) is 0 Å². The van der Waals surface area contributed by atoms with Crippen molar-refractivity contribution < 1.29 is 4.79 Å². The smallest absolute Gasteiger partial charge is 0.223 e. The van der Waals surface area contributed by atoms with Gasteiger partial charge in [-0.25, -0.2) is 0 Å². The van der Waals surface area contributed by atoms with Crippen LogP contribution in [0.4, 0.5) is 0 Å². The van der Waals surface area contributed by atoms with E-state index in [1.807, 2.05) is 32.3 Å². The molecule has 5 heteroatoms. The van der Waals surface area contributed by atoms with Gasteiger partial charge in [0.1, 0.15) is 0 Å². The van der Waals surface area contributed by atoms with E-state index in [4.69, 9.17) is 0 Å². The molecule has 0 fully saturated rings. The second-order valence-corrected chi connectivity index (χ2v) is 5.00. The van der Waals surface area contributed by atoms with Gasteiger partial charge in [0.2, 0.25) is 5.91 Å². The fourth-order valence-electron chi connectivity index (χ4n) is 1.37. The molecule has 0 spiro atoms. The summed E-state index contributed by atoms with van der Waals surface area (Å²) in [6, 6.07) is 10.2. The van der Waals surface area contributed by atoms with Crippen LogP contribution < -0.4 is 5.32 Å². The highest BCUT2D eigenvalue weighted by Crippen LogP contribution is 2.17. The summed E-state index contributed by atoms with van der Waals surface area (Å²) in [5.74, 6) is 1.05. The Bertz CT molecular complexity index is 335. The summed E-state index contributed by atoms with van der Waals surface area (Å²) in [4.78, 5) is 14.7. The number of likely N-dealkylation sites (N-methyl/N-ethyl adjacent to an activating group) is 2. The predicted molar refractivity (Wildman–Crippen MR) is 80.6 cm³/mol. The van der Waals surface area contributed by atoms with Crippen molar-refractivity contribution in [3.8, 4) is 0 Å². The van der Waals surface area contributed by atoms with Gasteiger partial charge in [0.05, 0.1) is 0 Å². The van der Waals surface area contributed by atoms with Crippen molar-refractivity contribution in [3.63, 3.8) is 0 Å². The molecule has 0 saturated carbocycles. The highest BCUT2D eigenvalue weighted by atomic mass is 35.5. The van der Waals surface area contributed by atoms with Gasteiger partial charge in [-0.1, -0.05) is 18.2 Å². The molecule has 0 atom stereocenters. The second-order valence-electron chi connectivity index (χ2n) is 3.83. The summed E-state index contributed by atoms with van der Waals surface area (Å²) < 4.78 is 0. The molecule has 102 valence electrons. The van der Waals surface area contributed by atoms with Gasteiger partial charge in [0.15, 0.2) is 0 Å². The number of carbonyl (C=O) groups is 1. The molecule has 1 aromatic rings. The fraction of sp³-hybridized carbons (Fsp3) is 0.462. The molecule has 0 bridgehead atoms. The third-order valence-corrected chi connectivity index (χ3v) is 3.46. The van der Waals surface area contributed by atoms with Crippen molar-refractivity contribution in [1.82, 2.24) is 10.2 Å². The van der Waals surface area contributed by atoms with E-state index in [0.717, 1.165) is 18.8 Å². The van der Waals surface area contributed by atoms with Crippen LogP contribution in [0.15, 0.2) is 35.2 Å². The lowest BCUT2D eigenvalue weighted by atomic mass is 10.4. The summed E-state index contributed by atoms with van der Waals surface area (Å²) in [7, 11) is 3.75. The highest BCUT2D eigenvalue weighted by molar-refractivity contribution is 7.99. The molecule has 3 nitrogen and oxygen atoms in total. The number of nitrogens with one attached hydrogen (secondary N) is 1. The van der Waals surface area contributed by atoms with E-state index in [1.54, 1.807) is 16.7 Å². The Balaban J connectivity index is 0.00000289. The van der Waals surface area contributed by atoms with Crippen molar-refractivity contribution in [2.75, 3.05) is 32.9 Å². The Labute approximate surface area is 120 Å². The van der Waals surface area contributed by atoms with Crippen LogP contribution in [-0.2, 0) is 4.79 Å². The largest absolute Gasteiger partial charge is 0.344 e. The van der Waals surface area contributed by atoms with E-state index < -0.39 is 0 Å². The molecule has 1 aromatic carbocycles. The summed E-state index contributed by atoms with van der Waals surface area (Å²) in [5, 5.41) is 3.04. The number of thioether (sulfide) groups is 1. The zero-order valence-electron chi connectivity index (χ0n) is 10.9. The monoisotopic (exact) mass is 288 g/mol. The minimum absolute atomic E-state index is 0. The SMILES string of the molecule is CNCCN(C)C(=O)CCSc1ccccc1.Cl. The molecular formula is C13H21ClN2OS. The van der Waals surface area contributed by atoms with Gasteiger partial charge in [-0.2, -0.15) is 0 Å². The van der Waals surface area contributed by atoms with Crippen LogP contribution in [0.25, 0.3) is 0 Å². The maximum Gasteiger partial charge on any atom is 0.223 e. The predicted octanol–water partition coefficient (Wildman–Crippen LogP) is 2.27. The third-order valence-electron chi connectivity index (χ3n) is 2.45. The molecule has 0 heterocycles. The van der Waals surface area contributed by atoms with Crippen molar-refractivity contribution in [1.29, 1.82) is 0 Å². The van der Waals surface area contributed by atoms with E-state index in [9.17, 15) is 4.79 Å². The molecule has 1 N–H and O–H groups in total. The summed E-state index contributed by atoms with van der Waals surface area (Å²) in [5.41, 5.74) is 0. The molecule has 0 radical (unpaired) electrons. The lowest BCUT2D eigenvalue weighted by Crippen LogP contribution is -2.32. The molecule has 0 saturated heterocycles. The maximum absolute atomic E-state index is 11.7. The van der Waals surface area contributed by atoms with Gasteiger partial charge in [-0.05, 0) is 19.2 Å². The first-order chi connectivity index (χ1) is 8.24. The quantitative estimate of drug-likeness (QED) is 0.781. The molecule has 0 aliphatic rings. The molecule has 0 aliphatic heterocycles. The van der Waals surface area contributed by atoms with Crippen molar-refractivity contribution in [2.45, 2.75) is 11.3 Å². The van der Waals surface area contributed by atoms with Crippen LogP contribution in [0.1, 0.15) is 6.42 Å². The number of hydrogen-bond acceptors (Lipinski definition) is 3. The van der Waals surface area contributed by atoms with Crippen molar-refractivity contribution >= 4 is 30.1 Å². The molecule has 0 aromatic heterocycles. The van der Waals surface area contributed by atoms with Gasteiger partial charge in [0.25, 0.3) is 0 Å². The fourth-order valence-corrected chi connectivity index (χ4v) is 2.23. The van der Waals surface area contributed by atoms with E-state index in [1.165, 1.54) is 4.90 Å². The Kier molecular flexibility index (Phi) is 9.83. The first-order valence-electron chi connectivity index (χ1n) is 5.80. The minimum atomic E-state index is 0. The van der Waals surface area contributed by atoms with Gasteiger partial charge >= 0.3 is 0 Å². The molecule has 0 aliphatic carbocycles. The summed E-state index contributed by atoms with van der Waals surface area (Å²) in [6.07, 6.45) is 0.597. The van der Waals surface area contributed by atoms with Gasteiger partial charge in [0, 0.05) is 37.2 Å². The van der Waals surface area contributed by atoms with E-state index in [0.29, 0.717) is 6.42 Å². The minimum Gasteiger partial charge on any atom is -0.344 e. The maximum atomic E-state index is 11.7. The normalized spacial score (nSPS) is 9.67. The first kappa shape index (κ1) is 17.3. The highest BCUT2D eigenvalue weighted by Gasteiger charge is 2.07. The van der Waals surface area contributed by atoms with E-state index >= 15 is 0 Å². The molecule has 0 unspecified atom stereocenters. The molecule has 1 amide bonds. The third kappa shape index (κ3) is 6.89. The Morgan fingerprint density at radius 3 is 2.61 bits per heavy atom. The lowest BCUT2D eigenvalue weighted by Gasteiger charge is -2.16. The zero-order valence-corrected chi connectivity index (χ0v) is 12.5. The van der Waals surface area contributed by atoms with Gasteiger partial charge in [-0.3, -0.25) is 4.79 Å². The molecule has 18 heavy (non-hydrogen) atoms. The van der Waals surface area contributed by atoms with Crippen LogP contribution in [0.3, 0.4) is 0 Å². The van der Waals surface area contributed by atoms with Crippen LogP contribution in [0.2, 0.25) is 0 Å². The topological polar surface area (TPSA) is 32.3 Å². The number of halogens is 1. The Morgan fingerprint density at radius 1 is 1.33 bits per heavy atom. The van der Waals surface area contributed by atoms with Crippen LogP contribution >= 0.6 is 24.2 Å². The number of benzene rings is 1. The van der Waals surface area contributed by atoms with Crippen LogP contribution in [-0.4, -0.2) is 43.7 Å². The lowest BCUT2D eigenvalue weighted by molar-refractivity contribution is -0.129. The van der Waals surface area contributed by atoms with Gasteiger partial charge in [-0.15, -0.1) is 24.2 Å². The molecular weight excluding hydrogens is 268 g/mol. The summed E-state index contributed by atoms with van der Waals surface area (Å²) >= 11 is 1.73. The zero-order chi connectivity index (χ0) is 12.5. The van der Waals surface area contributed by atoms with Crippen LogP contribution in [0, 0.1) is 0 Å². The number of carbonyl (C=O) groups excluding carboxylic acids is 1. The van der Waals surface area contributed by atoms with E-state index in [2.05, 4.69) is 17.4 Å². The average Bonchev–Trinajstić information content (AvgIpc) is 2.37. The van der Waals surface area contributed by atoms with Gasteiger partial charge < -0.3 is 10.2 Å². The van der Waals surface area contributed by atoms with Crippen molar-refractivity contribution in [3.05, 3.63) is 30.3 Å². The van der Waals surface area contributed by atoms with E-state index in [-0.39, 0.29) is 18.3 Å². The number of amides is 1. The second kappa shape index (κ2) is 10.2. The Morgan fingerprint density at radius 2 is 2.00 bits per heavy atom.